The summed E-state index contributed by atoms with van der Waals surface area (Å²) in [5.74, 6) is 0.177. The highest BCUT2D eigenvalue weighted by molar-refractivity contribution is 7.94. The lowest BCUT2D eigenvalue weighted by Crippen LogP contribution is -2.14. The van der Waals surface area contributed by atoms with E-state index in [1.807, 2.05) is 9.44 Å². The molecule has 4 N–H and O–H groups in total. The Morgan fingerprint density at radius 2 is 1.78 bits per heavy atom. The van der Waals surface area contributed by atoms with Gasteiger partial charge in [-0.05, 0) is 30.7 Å². The molecule has 2 aromatic rings. The summed E-state index contributed by atoms with van der Waals surface area (Å²) in [5.41, 5.74) is 4.61. The predicted molar refractivity (Wildman–Crippen MR) is 77.8 cm³/mol. The largest absolute Gasteiger partial charge is 0.418 e. The number of nitrogens with zero attached hydrogens (tertiary/aromatic N) is 2. The van der Waals surface area contributed by atoms with Gasteiger partial charge in [0, 0.05) is 5.56 Å². The molecule has 1 aliphatic heterocycles. The first-order valence-corrected chi connectivity index (χ1v) is 7.72. The third-order valence-corrected chi connectivity index (χ3v) is 4.23. The fourth-order valence-electron chi connectivity index (χ4n) is 2.18. The predicted octanol–water partition coefficient (Wildman–Crippen LogP) is 2.14. The van der Waals surface area contributed by atoms with Crippen LogP contribution >= 0.6 is 0 Å². The zero-order valence-corrected chi connectivity index (χ0v) is 12.4. The van der Waals surface area contributed by atoms with Crippen molar-refractivity contribution in [3.05, 3.63) is 29.3 Å². The second kappa shape index (κ2) is 4.72. The SMILES string of the molecule is Cc1cc(-c2ccc(C(F)(F)F)c3c2NS(=O)(=O)N3)nnc1N. The van der Waals surface area contributed by atoms with Crippen LogP contribution in [0.15, 0.2) is 18.2 Å². The number of aryl methyl sites for hydroxylation is 1. The van der Waals surface area contributed by atoms with Gasteiger partial charge in [0.1, 0.15) is 5.82 Å². The van der Waals surface area contributed by atoms with Gasteiger partial charge >= 0.3 is 16.4 Å². The van der Waals surface area contributed by atoms with Crippen LogP contribution in [0.25, 0.3) is 11.3 Å². The van der Waals surface area contributed by atoms with Crippen molar-refractivity contribution in [2.75, 3.05) is 15.2 Å². The molecule has 11 heteroatoms. The highest BCUT2D eigenvalue weighted by atomic mass is 32.2. The summed E-state index contributed by atoms with van der Waals surface area (Å²) in [6.07, 6.45) is -4.71. The molecule has 23 heavy (non-hydrogen) atoms. The number of nitrogens with two attached hydrogens (primary N) is 1. The molecule has 0 spiro atoms. The van der Waals surface area contributed by atoms with Crippen molar-refractivity contribution < 1.29 is 21.6 Å². The number of fused-ring (bicyclic) bond motifs is 1. The highest BCUT2D eigenvalue weighted by Crippen LogP contribution is 2.46. The highest BCUT2D eigenvalue weighted by Gasteiger charge is 2.39. The van der Waals surface area contributed by atoms with Gasteiger partial charge in [-0.25, -0.2) is 0 Å². The summed E-state index contributed by atoms with van der Waals surface area (Å²) in [4.78, 5) is 0. The van der Waals surface area contributed by atoms with Gasteiger partial charge in [0.25, 0.3) is 0 Å². The van der Waals surface area contributed by atoms with E-state index >= 15 is 0 Å². The van der Waals surface area contributed by atoms with Gasteiger partial charge < -0.3 is 5.73 Å². The molecule has 2 heterocycles. The summed E-state index contributed by atoms with van der Waals surface area (Å²) in [6, 6.07) is 3.44. The second-order valence-electron chi connectivity index (χ2n) is 4.91. The lowest BCUT2D eigenvalue weighted by molar-refractivity contribution is -0.136. The van der Waals surface area contributed by atoms with Crippen molar-refractivity contribution in [2.24, 2.45) is 0 Å². The Kier molecular flexibility index (Phi) is 3.15. The molecule has 0 atom stereocenters. The normalized spacial score (nSPS) is 15.7. The van der Waals surface area contributed by atoms with Crippen LogP contribution < -0.4 is 15.2 Å². The van der Waals surface area contributed by atoms with Gasteiger partial charge in [0.05, 0.1) is 22.6 Å². The fraction of sp³-hybridized carbons (Fsp3) is 0.167. The number of aromatic nitrogens is 2. The first-order chi connectivity index (χ1) is 10.6. The number of anilines is 3. The molecule has 1 aliphatic rings. The van der Waals surface area contributed by atoms with E-state index in [2.05, 4.69) is 10.2 Å². The standard InChI is InChI=1S/C12H10F3N5O2S/c1-5-4-8(17-18-11(5)16)6-2-3-7(12(13,14)15)10-9(6)19-23(21,22)20-10/h2-4,19-20H,1H3,(H2,16,18). The second-order valence-corrected chi connectivity index (χ2v) is 6.33. The molecule has 0 unspecified atom stereocenters. The number of nitrogen functional groups attached to an aromatic ring is 1. The molecule has 122 valence electrons. The van der Waals surface area contributed by atoms with Crippen molar-refractivity contribution >= 4 is 27.4 Å². The molecular formula is C12H10F3N5O2S. The Hall–Kier alpha value is -2.56. The Bertz CT molecular complexity index is 912. The van der Waals surface area contributed by atoms with Crippen LogP contribution in [-0.4, -0.2) is 18.6 Å². The van der Waals surface area contributed by atoms with E-state index in [0.29, 0.717) is 5.56 Å². The van der Waals surface area contributed by atoms with E-state index in [9.17, 15) is 21.6 Å². The van der Waals surface area contributed by atoms with Crippen LogP contribution in [0.2, 0.25) is 0 Å². The summed E-state index contributed by atoms with van der Waals surface area (Å²) >= 11 is 0. The quantitative estimate of drug-likeness (QED) is 0.733. The van der Waals surface area contributed by atoms with E-state index in [1.165, 1.54) is 6.07 Å². The van der Waals surface area contributed by atoms with E-state index in [-0.39, 0.29) is 22.8 Å². The average molecular weight is 345 g/mol. The smallest absolute Gasteiger partial charge is 0.382 e. The van der Waals surface area contributed by atoms with Gasteiger partial charge in [-0.3, -0.25) is 9.44 Å². The third-order valence-electron chi connectivity index (χ3n) is 3.28. The molecule has 0 saturated carbocycles. The van der Waals surface area contributed by atoms with Crippen molar-refractivity contribution in [3.63, 3.8) is 0 Å². The van der Waals surface area contributed by atoms with Crippen molar-refractivity contribution in [1.29, 1.82) is 0 Å². The van der Waals surface area contributed by atoms with Crippen molar-refractivity contribution in [1.82, 2.24) is 10.2 Å². The van der Waals surface area contributed by atoms with E-state index in [4.69, 9.17) is 5.73 Å². The molecule has 1 aromatic heterocycles. The van der Waals surface area contributed by atoms with Gasteiger partial charge in [-0.15, -0.1) is 10.2 Å². The zero-order valence-electron chi connectivity index (χ0n) is 11.6. The maximum absolute atomic E-state index is 13.0. The number of alkyl halides is 3. The van der Waals surface area contributed by atoms with Crippen LogP contribution in [0.1, 0.15) is 11.1 Å². The van der Waals surface area contributed by atoms with Gasteiger partial charge in [-0.2, -0.15) is 21.6 Å². The van der Waals surface area contributed by atoms with E-state index in [0.717, 1.165) is 12.1 Å². The molecular weight excluding hydrogens is 335 g/mol. The molecule has 0 aliphatic carbocycles. The summed E-state index contributed by atoms with van der Waals surface area (Å²) in [5, 5.41) is 7.50. The number of nitrogens with one attached hydrogen (secondary N) is 2. The lowest BCUT2D eigenvalue weighted by Gasteiger charge is -2.13. The zero-order chi connectivity index (χ0) is 17.0. The lowest BCUT2D eigenvalue weighted by atomic mass is 10.0. The van der Waals surface area contributed by atoms with Crippen LogP contribution in [0.5, 0.6) is 0 Å². The molecule has 7 nitrogen and oxygen atoms in total. The molecule has 3 rings (SSSR count). The summed E-state index contributed by atoms with van der Waals surface area (Å²) < 4.78 is 66.3. The Balaban J connectivity index is 2.25. The summed E-state index contributed by atoms with van der Waals surface area (Å²) in [7, 11) is -4.11. The van der Waals surface area contributed by atoms with Gasteiger partial charge in [0.2, 0.25) is 0 Å². The topological polar surface area (TPSA) is 110 Å². The third kappa shape index (κ3) is 2.63. The number of hydrogen-bond acceptors (Lipinski definition) is 5. The minimum absolute atomic E-state index is 0.164. The van der Waals surface area contributed by atoms with Crippen LogP contribution in [0.3, 0.4) is 0 Å². The number of rotatable bonds is 1. The minimum Gasteiger partial charge on any atom is -0.382 e. The molecule has 0 bridgehead atoms. The number of benzene rings is 1. The Labute approximate surface area is 128 Å². The summed E-state index contributed by atoms with van der Waals surface area (Å²) in [6.45, 7) is 1.65. The molecule has 0 radical (unpaired) electrons. The Morgan fingerprint density at radius 1 is 1.13 bits per heavy atom. The molecule has 0 fully saturated rings. The van der Waals surface area contributed by atoms with Crippen molar-refractivity contribution in [2.45, 2.75) is 13.1 Å². The first kappa shape index (κ1) is 15.3. The monoisotopic (exact) mass is 345 g/mol. The average Bonchev–Trinajstić information content (AvgIpc) is 2.74. The number of halogens is 3. The van der Waals surface area contributed by atoms with E-state index in [1.54, 1.807) is 6.92 Å². The van der Waals surface area contributed by atoms with Gasteiger partial charge in [0.15, 0.2) is 0 Å². The maximum Gasteiger partial charge on any atom is 0.418 e. The minimum atomic E-state index is -4.71. The van der Waals surface area contributed by atoms with Gasteiger partial charge in [-0.1, -0.05) is 0 Å². The maximum atomic E-state index is 13.0. The van der Waals surface area contributed by atoms with Crippen LogP contribution in [0, 0.1) is 6.92 Å². The van der Waals surface area contributed by atoms with Crippen molar-refractivity contribution in [3.8, 4) is 11.3 Å². The molecule has 0 amide bonds. The fourth-order valence-corrected chi connectivity index (χ4v) is 3.20. The Morgan fingerprint density at radius 3 is 2.39 bits per heavy atom. The molecule has 0 saturated heterocycles. The van der Waals surface area contributed by atoms with Crippen LogP contribution in [-0.2, 0) is 16.4 Å². The van der Waals surface area contributed by atoms with Crippen LogP contribution in [0.4, 0.5) is 30.4 Å². The molecule has 1 aromatic carbocycles. The first-order valence-electron chi connectivity index (χ1n) is 6.23. The number of hydrogen-bond donors (Lipinski definition) is 3. The van der Waals surface area contributed by atoms with E-state index < -0.39 is 27.6 Å².